The first kappa shape index (κ1) is 16.6. The van der Waals surface area contributed by atoms with Gasteiger partial charge in [0.2, 0.25) is 0 Å². The van der Waals surface area contributed by atoms with Crippen molar-refractivity contribution in [2.24, 2.45) is 7.05 Å². The fourth-order valence-electron chi connectivity index (χ4n) is 2.39. The molecule has 0 N–H and O–H groups in total. The van der Waals surface area contributed by atoms with Crippen molar-refractivity contribution >= 4 is 23.6 Å². The third kappa shape index (κ3) is 3.35. The molecule has 0 amide bonds. The van der Waals surface area contributed by atoms with Gasteiger partial charge in [0.25, 0.3) is 0 Å². The van der Waals surface area contributed by atoms with Crippen LogP contribution in [0.5, 0.6) is 0 Å². The summed E-state index contributed by atoms with van der Waals surface area (Å²) in [6.07, 6.45) is 3.22. The van der Waals surface area contributed by atoms with E-state index in [-0.39, 0.29) is 0 Å². The number of aldehydes is 2. The molecule has 3 aromatic rings. The summed E-state index contributed by atoms with van der Waals surface area (Å²) >= 11 is 0. The van der Waals surface area contributed by atoms with Gasteiger partial charge in [-0.25, -0.2) is 0 Å². The summed E-state index contributed by atoms with van der Waals surface area (Å²) in [6, 6.07) is 9.94. The van der Waals surface area contributed by atoms with Crippen molar-refractivity contribution in [3.05, 3.63) is 53.3 Å². The Bertz CT molecular complexity index is 809. The Morgan fingerprint density at radius 3 is 2.43 bits per heavy atom. The summed E-state index contributed by atoms with van der Waals surface area (Å²) in [5, 5.41) is 4.41. The highest BCUT2D eigenvalue weighted by Gasteiger charge is 2.17. The second-order valence-corrected chi connectivity index (χ2v) is 4.79. The van der Waals surface area contributed by atoms with Crippen LogP contribution < -0.4 is 0 Å². The lowest BCUT2D eigenvalue weighted by atomic mass is 10.2. The molecule has 2 heterocycles. The first-order chi connectivity index (χ1) is 11.2. The number of halogens is 1. The Kier molecular flexibility index (Phi) is 5.37. The first-order valence-corrected chi connectivity index (χ1v) is 6.81. The third-order valence-corrected chi connectivity index (χ3v) is 3.41. The fraction of sp³-hybridized carbons (Fsp3) is 0.188. The highest BCUT2D eigenvalue weighted by atomic mass is 19.3. The van der Waals surface area contributed by atoms with Crippen molar-refractivity contribution in [1.29, 1.82) is 0 Å². The van der Waals surface area contributed by atoms with Crippen LogP contribution in [-0.4, -0.2) is 34.0 Å². The first-order valence-electron chi connectivity index (χ1n) is 6.81. The molecule has 6 nitrogen and oxygen atoms in total. The van der Waals surface area contributed by atoms with E-state index in [4.69, 9.17) is 0 Å². The van der Waals surface area contributed by atoms with Gasteiger partial charge in [-0.3, -0.25) is 14.3 Å². The predicted octanol–water partition coefficient (Wildman–Crippen LogP) is 2.57. The van der Waals surface area contributed by atoms with Gasteiger partial charge in [-0.05, 0) is 10.1 Å². The normalized spacial score (nSPS) is 10.2. The van der Waals surface area contributed by atoms with E-state index in [1.54, 1.807) is 16.3 Å². The average molecular weight is 317 g/mol. The van der Waals surface area contributed by atoms with Gasteiger partial charge in [-0.2, -0.15) is 10.0 Å². The van der Waals surface area contributed by atoms with Crippen LogP contribution in [0, 0.1) is 0 Å². The van der Waals surface area contributed by atoms with E-state index < -0.39 is 0 Å². The average Bonchev–Trinajstić information content (AvgIpc) is 3.06. The molecule has 7 heteroatoms. The van der Waals surface area contributed by atoms with Gasteiger partial charge in [0, 0.05) is 13.2 Å². The van der Waals surface area contributed by atoms with Crippen molar-refractivity contribution in [2.45, 2.75) is 6.54 Å². The number of hydrogen-bond donors (Lipinski definition) is 0. The van der Waals surface area contributed by atoms with E-state index in [2.05, 4.69) is 10.0 Å². The van der Waals surface area contributed by atoms with Crippen LogP contribution in [0.15, 0.2) is 36.5 Å². The van der Waals surface area contributed by atoms with Crippen molar-refractivity contribution in [1.82, 2.24) is 14.3 Å². The molecule has 0 aliphatic heterocycles. The monoisotopic (exact) mass is 317 g/mol. The molecule has 0 unspecified atom stereocenters. The van der Waals surface area contributed by atoms with Crippen LogP contribution in [0.1, 0.15) is 26.4 Å². The molecule has 0 saturated heterocycles. The van der Waals surface area contributed by atoms with E-state index in [0.717, 1.165) is 18.2 Å². The highest BCUT2D eigenvalue weighted by molar-refractivity contribution is 6.03. The van der Waals surface area contributed by atoms with Crippen LogP contribution in [0.4, 0.5) is 4.53 Å². The van der Waals surface area contributed by atoms with Crippen molar-refractivity contribution in [3.63, 3.8) is 0 Å². The molecule has 120 valence electrons. The highest BCUT2D eigenvalue weighted by Crippen LogP contribution is 2.22. The summed E-state index contributed by atoms with van der Waals surface area (Å²) in [7, 11) is 2.72. The number of rotatable bonds is 4. The smallest absolute Gasteiger partial charge is 0.167 e. The molecular formula is C16H16FN3O3. The molecule has 0 atom stereocenters. The minimum absolute atomic E-state index is 0.351. The van der Waals surface area contributed by atoms with Gasteiger partial charge in [0.05, 0.1) is 30.4 Å². The summed E-state index contributed by atoms with van der Waals surface area (Å²) in [4.78, 5) is 24.9. The Labute approximate surface area is 132 Å². The number of nitrogens with zero attached hydrogens (tertiary/aromatic N) is 3. The van der Waals surface area contributed by atoms with Gasteiger partial charge in [0.1, 0.15) is 5.52 Å². The Balaban J connectivity index is 0.000000595. The molecule has 23 heavy (non-hydrogen) atoms. The van der Waals surface area contributed by atoms with Crippen LogP contribution in [0.25, 0.3) is 11.0 Å². The van der Waals surface area contributed by atoms with Crippen LogP contribution >= 0.6 is 0 Å². The predicted molar refractivity (Wildman–Crippen MR) is 83.1 cm³/mol. The zero-order valence-electron chi connectivity index (χ0n) is 12.8. The van der Waals surface area contributed by atoms with E-state index in [1.807, 2.05) is 36.5 Å². The lowest BCUT2D eigenvalue weighted by molar-refractivity contribution is -0.0960. The maximum Gasteiger partial charge on any atom is 0.167 e. The largest absolute Gasteiger partial charge is 0.338 e. The molecule has 1 aromatic carbocycles. The lowest BCUT2D eigenvalue weighted by Crippen LogP contribution is -2.02. The van der Waals surface area contributed by atoms with E-state index in [0.29, 0.717) is 35.9 Å². The maximum atomic E-state index is 11.2. The second-order valence-electron chi connectivity index (χ2n) is 4.79. The molecule has 0 radical (unpaired) electrons. The van der Waals surface area contributed by atoms with Gasteiger partial charge < -0.3 is 4.57 Å². The van der Waals surface area contributed by atoms with Crippen LogP contribution in [-0.2, 0) is 18.5 Å². The standard InChI is InChI=1S/C15H13N3O2.CH3FO/c1-17-13-8-18(7-11-5-3-2-4-6-11)16-15(13)12(9-19)14(17)10-20;1-3-2/h2-6,8-10H,7H2,1H3;1H3. The van der Waals surface area contributed by atoms with E-state index >= 15 is 0 Å². The third-order valence-electron chi connectivity index (χ3n) is 3.41. The molecule has 0 aliphatic carbocycles. The molecule has 0 aliphatic rings. The Hall–Kier alpha value is -2.80. The van der Waals surface area contributed by atoms with Gasteiger partial charge >= 0.3 is 0 Å². The maximum absolute atomic E-state index is 11.2. The Morgan fingerprint density at radius 1 is 1.22 bits per heavy atom. The number of aromatic nitrogens is 3. The zero-order valence-corrected chi connectivity index (χ0v) is 12.8. The zero-order chi connectivity index (χ0) is 16.8. The van der Waals surface area contributed by atoms with Crippen LogP contribution in [0.3, 0.4) is 0 Å². The Morgan fingerprint density at radius 2 is 1.87 bits per heavy atom. The molecule has 0 bridgehead atoms. The molecule has 3 rings (SSSR count). The summed E-state index contributed by atoms with van der Waals surface area (Å²) in [5.74, 6) is 0. The minimum atomic E-state index is 0.351. The molecular weight excluding hydrogens is 301 g/mol. The SMILES string of the molecule is COF.Cn1c(C=O)c(C=O)c2nn(Cc3ccccc3)cc21. The minimum Gasteiger partial charge on any atom is -0.338 e. The number of fused-ring (bicyclic) bond motifs is 1. The van der Waals surface area contributed by atoms with Gasteiger partial charge in [0.15, 0.2) is 12.6 Å². The topological polar surface area (TPSA) is 66.1 Å². The number of benzene rings is 1. The second kappa shape index (κ2) is 7.46. The quantitative estimate of drug-likeness (QED) is 0.694. The molecule has 0 saturated carbocycles. The number of aryl methyl sites for hydroxylation is 1. The van der Waals surface area contributed by atoms with Gasteiger partial charge in [-0.15, -0.1) is 0 Å². The van der Waals surface area contributed by atoms with Gasteiger partial charge in [-0.1, -0.05) is 30.3 Å². The van der Waals surface area contributed by atoms with Crippen molar-refractivity contribution in [3.8, 4) is 0 Å². The number of carbonyl (C=O) groups is 2. The van der Waals surface area contributed by atoms with Crippen molar-refractivity contribution < 1.29 is 19.1 Å². The van der Waals surface area contributed by atoms with Crippen LogP contribution in [0.2, 0.25) is 0 Å². The number of hydrogen-bond acceptors (Lipinski definition) is 4. The summed E-state index contributed by atoms with van der Waals surface area (Å²) in [5.41, 5.74) is 3.20. The lowest BCUT2D eigenvalue weighted by Gasteiger charge is -2.01. The molecule has 2 aromatic heterocycles. The fourth-order valence-corrected chi connectivity index (χ4v) is 2.39. The van der Waals surface area contributed by atoms with Crippen molar-refractivity contribution in [2.75, 3.05) is 7.11 Å². The van der Waals surface area contributed by atoms with E-state index in [1.165, 1.54) is 0 Å². The molecule has 0 spiro atoms. The summed E-state index contributed by atoms with van der Waals surface area (Å²) < 4.78 is 13.3. The molecule has 0 fully saturated rings. The number of carbonyl (C=O) groups excluding carboxylic acids is 2. The summed E-state index contributed by atoms with van der Waals surface area (Å²) in [6.45, 7) is 0.629. The van der Waals surface area contributed by atoms with E-state index in [9.17, 15) is 14.1 Å².